The van der Waals surface area contributed by atoms with Crippen molar-refractivity contribution in [3.8, 4) is 0 Å². The molecule has 0 heterocycles. The Morgan fingerprint density at radius 3 is 2.36 bits per heavy atom. The van der Waals surface area contributed by atoms with Crippen LogP contribution in [0.4, 0.5) is 0 Å². The summed E-state index contributed by atoms with van der Waals surface area (Å²) in [5.74, 6) is -1.86. The number of carbonyl (C=O) groups excluding carboxylic acids is 1. The first-order valence-corrected chi connectivity index (χ1v) is 8.41. The Kier molecular flexibility index (Phi) is 4.82. The minimum absolute atomic E-state index is 0.0656. The molecule has 0 spiro atoms. The predicted molar refractivity (Wildman–Crippen MR) is 78.9 cm³/mol. The lowest BCUT2D eigenvalue weighted by atomic mass is 10.0. The van der Waals surface area contributed by atoms with Gasteiger partial charge in [-0.25, -0.2) is 13.1 Å². The molecular formula is C14H18N2O5S. The number of hydrogen-bond donors (Lipinski definition) is 3. The summed E-state index contributed by atoms with van der Waals surface area (Å²) in [6.07, 6.45) is 1.95. The van der Waals surface area contributed by atoms with Crippen molar-refractivity contribution in [3.05, 3.63) is 29.8 Å². The third-order valence-corrected chi connectivity index (χ3v) is 5.28. The number of benzene rings is 1. The van der Waals surface area contributed by atoms with Crippen LogP contribution >= 0.6 is 0 Å². The van der Waals surface area contributed by atoms with Crippen LogP contribution in [0.1, 0.15) is 29.6 Å². The second-order valence-corrected chi connectivity index (χ2v) is 7.07. The number of nitrogens with one attached hydrogen (secondary N) is 2. The fraction of sp³-hybridized carbons (Fsp3) is 0.429. The molecule has 0 radical (unpaired) electrons. The Balaban J connectivity index is 2.09. The molecule has 1 aliphatic rings. The molecule has 0 unspecified atom stereocenters. The van der Waals surface area contributed by atoms with E-state index in [1.165, 1.54) is 31.3 Å². The molecule has 22 heavy (non-hydrogen) atoms. The van der Waals surface area contributed by atoms with Crippen molar-refractivity contribution in [1.29, 1.82) is 0 Å². The van der Waals surface area contributed by atoms with E-state index in [2.05, 4.69) is 10.0 Å². The smallest absolute Gasteiger partial charge is 0.308 e. The van der Waals surface area contributed by atoms with Crippen molar-refractivity contribution < 1.29 is 23.1 Å². The molecule has 1 fully saturated rings. The van der Waals surface area contributed by atoms with Crippen molar-refractivity contribution in [3.63, 3.8) is 0 Å². The molecular weight excluding hydrogens is 308 g/mol. The zero-order valence-electron chi connectivity index (χ0n) is 12.1. The maximum atomic E-state index is 12.1. The first-order valence-electron chi connectivity index (χ1n) is 6.92. The summed E-state index contributed by atoms with van der Waals surface area (Å²) < 4.78 is 25.4. The van der Waals surface area contributed by atoms with Gasteiger partial charge in [-0.1, -0.05) is 6.42 Å². The lowest BCUT2D eigenvalue weighted by Crippen LogP contribution is -2.40. The van der Waals surface area contributed by atoms with Gasteiger partial charge in [0.25, 0.3) is 5.91 Å². The van der Waals surface area contributed by atoms with E-state index < -0.39 is 27.8 Å². The van der Waals surface area contributed by atoms with E-state index in [1.807, 2.05) is 0 Å². The van der Waals surface area contributed by atoms with Crippen molar-refractivity contribution in [2.45, 2.75) is 30.2 Å². The van der Waals surface area contributed by atoms with Crippen molar-refractivity contribution in [1.82, 2.24) is 10.0 Å². The molecule has 2 atom stereocenters. The highest BCUT2D eigenvalue weighted by Gasteiger charge is 2.34. The molecule has 0 aromatic heterocycles. The lowest BCUT2D eigenvalue weighted by Gasteiger charge is -2.17. The number of sulfonamides is 1. The molecule has 7 nitrogen and oxygen atoms in total. The average molecular weight is 326 g/mol. The van der Waals surface area contributed by atoms with E-state index in [4.69, 9.17) is 5.11 Å². The van der Waals surface area contributed by atoms with Gasteiger partial charge in [0.2, 0.25) is 10.0 Å². The quantitative estimate of drug-likeness (QED) is 0.732. The number of carboxylic acids is 1. The Labute approximate surface area is 128 Å². The lowest BCUT2D eigenvalue weighted by molar-refractivity contribution is -0.142. The molecule has 0 saturated heterocycles. The number of amides is 1. The molecule has 1 amide bonds. The molecule has 2 rings (SSSR count). The van der Waals surface area contributed by atoms with E-state index in [-0.39, 0.29) is 10.9 Å². The summed E-state index contributed by atoms with van der Waals surface area (Å²) in [6.45, 7) is 0. The van der Waals surface area contributed by atoms with Gasteiger partial charge in [-0.15, -0.1) is 0 Å². The highest BCUT2D eigenvalue weighted by atomic mass is 32.2. The van der Waals surface area contributed by atoms with Crippen molar-refractivity contribution in [2.75, 3.05) is 7.05 Å². The van der Waals surface area contributed by atoms with Crippen molar-refractivity contribution in [2.24, 2.45) is 5.92 Å². The summed E-state index contributed by atoms with van der Waals surface area (Å²) >= 11 is 0. The third kappa shape index (κ3) is 3.45. The van der Waals surface area contributed by atoms with E-state index >= 15 is 0 Å². The first-order chi connectivity index (χ1) is 10.3. The molecule has 0 aliphatic heterocycles. The van der Waals surface area contributed by atoms with Gasteiger partial charge in [-0.05, 0) is 44.2 Å². The molecule has 1 aromatic carbocycles. The topological polar surface area (TPSA) is 113 Å². The molecule has 8 heteroatoms. The number of carboxylic acid groups (broad SMARTS) is 1. The standard InChI is InChI=1S/C14H18N2O5S/c1-15-22(20,21)10-7-5-9(6-8-10)13(17)16-12-4-2-3-11(12)14(18)19/h5-8,11-12,15H,2-4H2,1H3,(H,16,17)(H,18,19)/t11-,12+/m0/s1. The fourth-order valence-electron chi connectivity index (χ4n) is 2.58. The normalized spacial score (nSPS) is 21.5. The minimum atomic E-state index is -3.54. The van der Waals surface area contributed by atoms with Crippen LogP contribution in [0.2, 0.25) is 0 Å². The number of rotatable bonds is 5. The predicted octanol–water partition coefficient (Wildman–Crippen LogP) is 0.578. The first kappa shape index (κ1) is 16.4. The Morgan fingerprint density at radius 1 is 1.18 bits per heavy atom. The van der Waals surface area contributed by atoms with E-state index in [0.717, 1.165) is 6.42 Å². The number of carbonyl (C=O) groups is 2. The second-order valence-electron chi connectivity index (χ2n) is 5.19. The Morgan fingerprint density at radius 2 is 1.82 bits per heavy atom. The zero-order valence-corrected chi connectivity index (χ0v) is 12.9. The monoisotopic (exact) mass is 326 g/mol. The highest BCUT2D eigenvalue weighted by Crippen LogP contribution is 2.26. The maximum absolute atomic E-state index is 12.1. The van der Waals surface area contributed by atoms with Crippen LogP contribution < -0.4 is 10.0 Å². The highest BCUT2D eigenvalue weighted by molar-refractivity contribution is 7.89. The van der Waals surface area contributed by atoms with Crippen LogP contribution in [0.3, 0.4) is 0 Å². The number of hydrogen-bond acceptors (Lipinski definition) is 4. The summed E-state index contributed by atoms with van der Waals surface area (Å²) in [5, 5.41) is 11.8. The summed E-state index contributed by atoms with van der Waals surface area (Å²) in [5.41, 5.74) is 0.297. The van der Waals surface area contributed by atoms with Gasteiger partial charge < -0.3 is 10.4 Å². The van der Waals surface area contributed by atoms with Gasteiger partial charge in [-0.2, -0.15) is 0 Å². The second kappa shape index (κ2) is 6.45. The van der Waals surface area contributed by atoms with Gasteiger partial charge in [0, 0.05) is 11.6 Å². The van der Waals surface area contributed by atoms with Crippen LogP contribution in [0.25, 0.3) is 0 Å². The maximum Gasteiger partial charge on any atom is 0.308 e. The van der Waals surface area contributed by atoms with Crippen LogP contribution in [0, 0.1) is 5.92 Å². The van der Waals surface area contributed by atoms with E-state index in [9.17, 15) is 18.0 Å². The largest absolute Gasteiger partial charge is 0.481 e. The minimum Gasteiger partial charge on any atom is -0.481 e. The van der Waals surface area contributed by atoms with E-state index in [0.29, 0.717) is 18.4 Å². The zero-order chi connectivity index (χ0) is 16.3. The average Bonchev–Trinajstić information content (AvgIpc) is 2.95. The van der Waals surface area contributed by atoms with Gasteiger partial charge in [0.05, 0.1) is 10.8 Å². The SMILES string of the molecule is CNS(=O)(=O)c1ccc(C(=O)N[C@@H]2CCC[C@@H]2C(=O)O)cc1. The Hall–Kier alpha value is -1.93. The molecule has 1 saturated carbocycles. The molecule has 3 N–H and O–H groups in total. The summed E-state index contributed by atoms with van der Waals surface area (Å²) in [7, 11) is -2.23. The van der Waals surface area contributed by atoms with Gasteiger partial charge in [0.15, 0.2) is 0 Å². The van der Waals surface area contributed by atoms with Crippen LogP contribution in [0.5, 0.6) is 0 Å². The summed E-state index contributed by atoms with van der Waals surface area (Å²) in [6, 6.07) is 5.11. The van der Waals surface area contributed by atoms with Gasteiger partial charge >= 0.3 is 5.97 Å². The molecule has 1 aliphatic carbocycles. The van der Waals surface area contributed by atoms with Gasteiger partial charge in [-0.3, -0.25) is 9.59 Å². The molecule has 120 valence electrons. The molecule has 0 bridgehead atoms. The summed E-state index contributed by atoms with van der Waals surface area (Å²) in [4.78, 5) is 23.3. The van der Waals surface area contributed by atoms with E-state index in [1.54, 1.807) is 0 Å². The van der Waals surface area contributed by atoms with Crippen LogP contribution in [-0.2, 0) is 14.8 Å². The number of aliphatic carboxylic acids is 1. The van der Waals surface area contributed by atoms with Gasteiger partial charge in [0.1, 0.15) is 0 Å². The Bertz CT molecular complexity index is 669. The molecule has 1 aromatic rings. The van der Waals surface area contributed by atoms with Crippen LogP contribution in [0.15, 0.2) is 29.2 Å². The van der Waals surface area contributed by atoms with Crippen molar-refractivity contribution >= 4 is 21.9 Å². The fourth-order valence-corrected chi connectivity index (χ4v) is 3.31. The third-order valence-electron chi connectivity index (χ3n) is 3.85. The van der Waals surface area contributed by atoms with Crippen LogP contribution in [-0.4, -0.2) is 38.5 Å².